The highest BCUT2D eigenvalue weighted by atomic mass is 79.9. The fraction of sp³-hybridized carbons (Fsp3) is 0.435. The summed E-state index contributed by atoms with van der Waals surface area (Å²) in [5.41, 5.74) is 1.73. The molecule has 1 aromatic carbocycles. The van der Waals surface area contributed by atoms with Gasteiger partial charge >= 0.3 is 0 Å². The van der Waals surface area contributed by atoms with Crippen LogP contribution in [0, 0.1) is 5.92 Å². The molecule has 2 aromatic heterocycles. The molecule has 2 atom stereocenters. The van der Waals surface area contributed by atoms with Gasteiger partial charge in [-0.05, 0) is 76.0 Å². The van der Waals surface area contributed by atoms with E-state index in [2.05, 4.69) is 28.2 Å². The number of nitrogens with zero attached hydrogens (tertiary/aromatic N) is 3. The highest BCUT2D eigenvalue weighted by molar-refractivity contribution is 9.10. The van der Waals surface area contributed by atoms with Crippen molar-refractivity contribution >= 4 is 49.1 Å². The Hall–Kier alpha value is -2.03. The molecule has 0 fully saturated rings. The number of anilines is 1. The molecule has 0 aliphatic heterocycles. The van der Waals surface area contributed by atoms with Crippen LogP contribution in [0.2, 0.25) is 0 Å². The fourth-order valence-electron chi connectivity index (χ4n) is 4.14. The van der Waals surface area contributed by atoms with Crippen LogP contribution in [-0.2, 0) is 24.2 Å². The van der Waals surface area contributed by atoms with Crippen LogP contribution in [0.1, 0.15) is 42.6 Å². The van der Waals surface area contributed by atoms with Crippen molar-refractivity contribution in [3.8, 4) is 0 Å². The average molecular weight is 503 g/mol. The van der Waals surface area contributed by atoms with E-state index in [1.54, 1.807) is 22.8 Å². The van der Waals surface area contributed by atoms with E-state index in [0.29, 0.717) is 29.4 Å². The zero-order valence-corrected chi connectivity index (χ0v) is 20.6. The second-order valence-corrected chi connectivity index (χ2v) is 10.6. The number of nitrogens with one attached hydrogen (secondary N) is 1. The Morgan fingerprint density at radius 1 is 1.35 bits per heavy atom. The normalized spacial score (nSPS) is 17.0. The van der Waals surface area contributed by atoms with Crippen LogP contribution >= 0.6 is 27.3 Å². The third-order valence-electron chi connectivity index (χ3n) is 5.77. The van der Waals surface area contributed by atoms with Crippen LogP contribution in [0.4, 0.5) is 5.69 Å². The SMILES string of the molecule is CC1CCc2c(sc3nc(CN(C)C)n(C(C)C(=O)Nc4ccc(Br)cc4)c(=O)c23)C1. The highest BCUT2D eigenvalue weighted by Gasteiger charge is 2.27. The lowest BCUT2D eigenvalue weighted by Gasteiger charge is -2.21. The lowest BCUT2D eigenvalue weighted by atomic mass is 9.89. The zero-order valence-electron chi connectivity index (χ0n) is 18.2. The number of carbonyl (C=O) groups is 1. The number of halogens is 1. The molecule has 1 amide bonds. The number of hydrogen-bond donors (Lipinski definition) is 1. The van der Waals surface area contributed by atoms with Gasteiger partial charge in [-0.3, -0.25) is 14.2 Å². The Morgan fingerprint density at radius 3 is 2.74 bits per heavy atom. The van der Waals surface area contributed by atoms with Crippen LogP contribution < -0.4 is 10.9 Å². The number of benzene rings is 1. The molecular weight excluding hydrogens is 476 g/mol. The van der Waals surface area contributed by atoms with Crippen molar-refractivity contribution in [3.05, 3.63) is 55.4 Å². The minimum Gasteiger partial charge on any atom is -0.324 e. The van der Waals surface area contributed by atoms with Gasteiger partial charge < -0.3 is 10.2 Å². The van der Waals surface area contributed by atoms with Crippen molar-refractivity contribution in [2.75, 3.05) is 19.4 Å². The predicted octanol–water partition coefficient (Wildman–Crippen LogP) is 4.61. The van der Waals surface area contributed by atoms with E-state index in [0.717, 1.165) is 34.1 Å². The molecule has 0 radical (unpaired) electrons. The quantitative estimate of drug-likeness (QED) is 0.553. The summed E-state index contributed by atoms with van der Waals surface area (Å²) in [7, 11) is 3.88. The summed E-state index contributed by atoms with van der Waals surface area (Å²) in [5, 5.41) is 3.63. The van der Waals surface area contributed by atoms with Crippen LogP contribution in [0.25, 0.3) is 10.2 Å². The number of rotatable bonds is 5. The van der Waals surface area contributed by atoms with E-state index >= 15 is 0 Å². The van der Waals surface area contributed by atoms with Gasteiger partial charge in [0.25, 0.3) is 5.56 Å². The number of fused-ring (bicyclic) bond motifs is 3. The van der Waals surface area contributed by atoms with Gasteiger partial charge in [0.05, 0.1) is 11.9 Å². The zero-order chi connectivity index (χ0) is 22.3. The molecule has 0 bridgehead atoms. The lowest BCUT2D eigenvalue weighted by Crippen LogP contribution is -2.36. The first-order chi connectivity index (χ1) is 14.7. The molecule has 8 heteroatoms. The van der Waals surface area contributed by atoms with E-state index in [1.807, 2.05) is 43.3 Å². The van der Waals surface area contributed by atoms with Crippen molar-refractivity contribution in [1.82, 2.24) is 14.5 Å². The highest BCUT2D eigenvalue weighted by Crippen LogP contribution is 2.36. The maximum atomic E-state index is 13.7. The topological polar surface area (TPSA) is 67.2 Å². The van der Waals surface area contributed by atoms with Crippen molar-refractivity contribution in [2.45, 2.75) is 45.7 Å². The molecular formula is C23H27BrN4O2S. The third kappa shape index (κ3) is 4.47. The summed E-state index contributed by atoms with van der Waals surface area (Å²) in [6, 6.07) is 6.72. The minimum absolute atomic E-state index is 0.104. The van der Waals surface area contributed by atoms with E-state index in [9.17, 15) is 9.59 Å². The number of aromatic nitrogens is 2. The second-order valence-electron chi connectivity index (χ2n) is 8.65. The second kappa shape index (κ2) is 8.84. The fourth-order valence-corrected chi connectivity index (χ4v) is 5.79. The Bertz CT molecular complexity index is 1180. The molecule has 31 heavy (non-hydrogen) atoms. The lowest BCUT2D eigenvalue weighted by molar-refractivity contribution is -0.119. The summed E-state index contributed by atoms with van der Waals surface area (Å²) >= 11 is 5.05. The largest absolute Gasteiger partial charge is 0.324 e. The van der Waals surface area contributed by atoms with E-state index in [1.165, 1.54) is 4.88 Å². The number of aryl methyl sites for hydroxylation is 1. The van der Waals surface area contributed by atoms with E-state index < -0.39 is 6.04 Å². The van der Waals surface area contributed by atoms with Crippen LogP contribution in [-0.4, -0.2) is 34.5 Å². The minimum atomic E-state index is -0.680. The molecule has 0 spiro atoms. The van der Waals surface area contributed by atoms with Gasteiger partial charge in [-0.2, -0.15) is 0 Å². The molecule has 2 unspecified atom stereocenters. The van der Waals surface area contributed by atoms with Crippen LogP contribution in [0.15, 0.2) is 33.5 Å². The summed E-state index contributed by atoms with van der Waals surface area (Å²) in [6.45, 7) is 4.51. The molecule has 1 N–H and O–H groups in total. The molecule has 3 aromatic rings. The maximum absolute atomic E-state index is 13.7. The van der Waals surface area contributed by atoms with Gasteiger partial charge in [0.1, 0.15) is 16.7 Å². The van der Waals surface area contributed by atoms with Crippen molar-refractivity contribution < 1.29 is 4.79 Å². The van der Waals surface area contributed by atoms with Gasteiger partial charge in [-0.15, -0.1) is 11.3 Å². The molecule has 4 rings (SSSR count). The molecule has 1 aliphatic rings. The Morgan fingerprint density at radius 2 is 2.06 bits per heavy atom. The number of carbonyl (C=O) groups excluding carboxylic acids is 1. The Kier molecular flexibility index (Phi) is 6.32. The van der Waals surface area contributed by atoms with Crippen molar-refractivity contribution in [3.63, 3.8) is 0 Å². The Balaban J connectivity index is 1.78. The van der Waals surface area contributed by atoms with Gasteiger partial charge in [0.2, 0.25) is 5.91 Å². The number of thiophene rings is 1. The maximum Gasteiger partial charge on any atom is 0.263 e. The van der Waals surface area contributed by atoms with E-state index in [-0.39, 0.29) is 11.5 Å². The van der Waals surface area contributed by atoms with Crippen molar-refractivity contribution in [1.29, 1.82) is 0 Å². The first kappa shape index (κ1) is 22.2. The molecule has 6 nitrogen and oxygen atoms in total. The van der Waals surface area contributed by atoms with Gasteiger partial charge in [0.15, 0.2) is 0 Å². The number of hydrogen-bond acceptors (Lipinski definition) is 5. The third-order valence-corrected chi connectivity index (χ3v) is 7.45. The molecule has 0 saturated carbocycles. The summed E-state index contributed by atoms with van der Waals surface area (Å²) < 4.78 is 2.52. The standard InChI is InChI=1S/C23H27BrN4O2S/c1-13-5-10-17-18(11-13)31-22-20(17)23(30)28(19(26-22)12-27(3)4)14(2)21(29)25-16-8-6-15(24)7-9-16/h6-9,13-14H,5,10-12H2,1-4H3,(H,25,29). The van der Waals surface area contributed by atoms with Crippen LogP contribution in [0.5, 0.6) is 0 Å². The molecule has 164 valence electrons. The number of amides is 1. The molecule has 1 aliphatic carbocycles. The summed E-state index contributed by atoms with van der Waals surface area (Å²) in [5.74, 6) is 1.01. The predicted molar refractivity (Wildman–Crippen MR) is 130 cm³/mol. The summed E-state index contributed by atoms with van der Waals surface area (Å²) in [4.78, 5) is 35.7. The first-order valence-corrected chi connectivity index (χ1v) is 12.1. The van der Waals surface area contributed by atoms with Gasteiger partial charge in [-0.25, -0.2) is 4.98 Å². The van der Waals surface area contributed by atoms with Crippen LogP contribution in [0.3, 0.4) is 0 Å². The smallest absolute Gasteiger partial charge is 0.263 e. The average Bonchev–Trinajstić information content (AvgIpc) is 3.06. The van der Waals surface area contributed by atoms with Crippen molar-refractivity contribution in [2.24, 2.45) is 5.92 Å². The monoisotopic (exact) mass is 502 g/mol. The first-order valence-electron chi connectivity index (χ1n) is 10.5. The molecule has 2 heterocycles. The van der Waals surface area contributed by atoms with Gasteiger partial charge in [0, 0.05) is 15.0 Å². The molecule has 0 saturated heterocycles. The van der Waals surface area contributed by atoms with E-state index in [4.69, 9.17) is 4.98 Å². The van der Waals surface area contributed by atoms with Gasteiger partial charge in [-0.1, -0.05) is 22.9 Å². The summed E-state index contributed by atoms with van der Waals surface area (Å²) in [6.07, 6.45) is 2.98. The Labute approximate surface area is 194 Å².